The van der Waals surface area contributed by atoms with E-state index in [-0.39, 0.29) is 18.1 Å². The van der Waals surface area contributed by atoms with E-state index in [0.29, 0.717) is 5.92 Å². The van der Waals surface area contributed by atoms with Crippen LogP contribution in [0.25, 0.3) is 0 Å². The summed E-state index contributed by atoms with van der Waals surface area (Å²) in [5.74, 6) is 0.578. The summed E-state index contributed by atoms with van der Waals surface area (Å²) in [6, 6.07) is 8.13. The third-order valence-corrected chi connectivity index (χ3v) is 4.10. The Morgan fingerprint density at radius 3 is 2.12 bits per heavy atom. The first-order chi connectivity index (χ1) is 8.00. The molecular formula is C15H22O2. The number of aliphatic hydroxyl groups excluding tert-OH is 1. The highest BCUT2D eigenvalue weighted by Gasteiger charge is 2.41. The number of hydrogen-bond donors (Lipinski definition) is 1. The highest BCUT2D eigenvalue weighted by Crippen LogP contribution is 2.40. The van der Waals surface area contributed by atoms with Crippen LogP contribution < -0.4 is 0 Å². The molecule has 2 rings (SSSR count). The summed E-state index contributed by atoms with van der Waals surface area (Å²) in [6.45, 7) is 8.36. The molecule has 5 atom stereocenters. The van der Waals surface area contributed by atoms with Gasteiger partial charge in [0.25, 0.3) is 0 Å². The van der Waals surface area contributed by atoms with Gasteiger partial charge in [0.1, 0.15) is 0 Å². The first kappa shape index (κ1) is 12.6. The fourth-order valence-corrected chi connectivity index (χ4v) is 2.82. The maximum Gasteiger partial charge on any atom is 0.0846 e. The van der Waals surface area contributed by atoms with Gasteiger partial charge in [0.05, 0.1) is 18.3 Å². The summed E-state index contributed by atoms with van der Waals surface area (Å²) in [5.41, 5.74) is 2.22. The Balaban J connectivity index is 2.19. The number of aryl methyl sites for hydroxylation is 1. The molecule has 0 aromatic heterocycles. The van der Waals surface area contributed by atoms with Crippen LogP contribution in [0.3, 0.4) is 0 Å². The summed E-state index contributed by atoms with van der Waals surface area (Å²) in [4.78, 5) is 0. The molecule has 1 heterocycles. The predicted octanol–water partition coefficient (Wildman–Crippen LogP) is 3.09. The quantitative estimate of drug-likeness (QED) is 0.852. The van der Waals surface area contributed by atoms with Gasteiger partial charge in [-0.25, -0.2) is 0 Å². The molecule has 2 heteroatoms. The van der Waals surface area contributed by atoms with Crippen molar-refractivity contribution in [2.24, 2.45) is 11.8 Å². The van der Waals surface area contributed by atoms with Gasteiger partial charge in [0.2, 0.25) is 0 Å². The van der Waals surface area contributed by atoms with E-state index in [1.807, 2.05) is 24.3 Å². The number of aliphatic hydroxyl groups is 1. The minimum Gasteiger partial charge on any atom is -0.388 e. The highest BCUT2D eigenvalue weighted by atomic mass is 16.5. The molecule has 5 unspecified atom stereocenters. The first-order valence-corrected chi connectivity index (χ1v) is 6.41. The first-order valence-electron chi connectivity index (χ1n) is 6.41. The molecule has 0 spiro atoms. The number of ether oxygens (including phenoxy) is 1. The van der Waals surface area contributed by atoms with Gasteiger partial charge in [-0.2, -0.15) is 0 Å². The van der Waals surface area contributed by atoms with Gasteiger partial charge in [0, 0.05) is 5.92 Å². The number of benzene rings is 1. The van der Waals surface area contributed by atoms with Crippen molar-refractivity contribution in [1.82, 2.24) is 0 Å². The zero-order valence-electron chi connectivity index (χ0n) is 11.1. The predicted molar refractivity (Wildman–Crippen MR) is 68.8 cm³/mol. The Labute approximate surface area is 104 Å². The van der Waals surface area contributed by atoms with E-state index >= 15 is 0 Å². The molecule has 94 valence electrons. The number of rotatable bonds is 2. The molecule has 1 saturated heterocycles. The van der Waals surface area contributed by atoms with Crippen LogP contribution in [-0.2, 0) is 4.74 Å². The van der Waals surface area contributed by atoms with Crippen molar-refractivity contribution in [3.63, 3.8) is 0 Å². The van der Waals surface area contributed by atoms with Crippen molar-refractivity contribution in [2.45, 2.75) is 46.0 Å². The summed E-state index contributed by atoms with van der Waals surface area (Å²) < 4.78 is 5.79. The van der Waals surface area contributed by atoms with Gasteiger partial charge < -0.3 is 9.84 Å². The van der Waals surface area contributed by atoms with Gasteiger partial charge in [-0.3, -0.25) is 0 Å². The van der Waals surface area contributed by atoms with E-state index in [0.717, 1.165) is 5.56 Å². The maximum atomic E-state index is 10.5. The second-order valence-corrected chi connectivity index (χ2v) is 5.34. The molecule has 1 fully saturated rings. The van der Waals surface area contributed by atoms with Crippen molar-refractivity contribution < 1.29 is 9.84 Å². The van der Waals surface area contributed by atoms with E-state index < -0.39 is 6.10 Å². The van der Waals surface area contributed by atoms with Crippen LogP contribution in [-0.4, -0.2) is 17.3 Å². The van der Waals surface area contributed by atoms with E-state index in [9.17, 15) is 5.11 Å². The van der Waals surface area contributed by atoms with Crippen molar-refractivity contribution in [3.05, 3.63) is 35.4 Å². The van der Waals surface area contributed by atoms with Gasteiger partial charge in [-0.1, -0.05) is 36.8 Å². The Morgan fingerprint density at radius 1 is 1.06 bits per heavy atom. The second-order valence-electron chi connectivity index (χ2n) is 5.34. The van der Waals surface area contributed by atoms with Gasteiger partial charge >= 0.3 is 0 Å². The molecule has 1 aromatic rings. The average Bonchev–Trinajstić information content (AvgIpc) is 2.53. The lowest BCUT2D eigenvalue weighted by Crippen LogP contribution is -2.24. The Kier molecular flexibility index (Phi) is 3.55. The largest absolute Gasteiger partial charge is 0.388 e. The molecule has 1 aliphatic heterocycles. The molecule has 0 aliphatic carbocycles. The lowest BCUT2D eigenvalue weighted by atomic mass is 9.82. The normalized spacial score (nSPS) is 34.9. The maximum absolute atomic E-state index is 10.5. The fourth-order valence-electron chi connectivity index (χ4n) is 2.82. The van der Waals surface area contributed by atoms with Crippen LogP contribution >= 0.6 is 0 Å². The average molecular weight is 234 g/mol. The van der Waals surface area contributed by atoms with Crippen LogP contribution in [0.4, 0.5) is 0 Å². The molecule has 1 N–H and O–H groups in total. The van der Waals surface area contributed by atoms with Crippen LogP contribution in [0.15, 0.2) is 24.3 Å². The molecule has 2 nitrogen and oxygen atoms in total. The molecule has 1 aromatic carbocycles. The summed E-state index contributed by atoms with van der Waals surface area (Å²) in [5, 5.41) is 10.5. The fraction of sp³-hybridized carbons (Fsp3) is 0.600. The minimum atomic E-state index is -0.425. The molecule has 1 aliphatic rings. The summed E-state index contributed by atoms with van der Waals surface area (Å²) in [6.07, 6.45) is -0.0723. The van der Waals surface area contributed by atoms with Crippen LogP contribution in [0.2, 0.25) is 0 Å². The smallest absolute Gasteiger partial charge is 0.0846 e. The zero-order chi connectivity index (χ0) is 12.6. The third kappa shape index (κ3) is 2.38. The lowest BCUT2D eigenvalue weighted by molar-refractivity contribution is 0.0231. The third-order valence-electron chi connectivity index (χ3n) is 4.10. The van der Waals surface area contributed by atoms with Crippen molar-refractivity contribution >= 4 is 0 Å². The Morgan fingerprint density at radius 2 is 1.65 bits per heavy atom. The van der Waals surface area contributed by atoms with Crippen molar-refractivity contribution in [1.29, 1.82) is 0 Å². The second kappa shape index (κ2) is 4.79. The zero-order valence-corrected chi connectivity index (χ0v) is 11.1. The van der Waals surface area contributed by atoms with Crippen molar-refractivity contribution in [2.75, 3.05) is 0 Å². The van der Waals surface area contributed by atoms with E-state index in [1.165, 1.54) is 5.56 Å². The summed E-state index contributed by atoms with van der Waals surface area (Å²) >= 11 is 0. The van der Waals surface area contributed by atoms with E-state index in [4.69, 9.17) is 4.74 Å². The molecule has 0 radical (unpaired) electrons. The SMILES string of the molecule is Cc1ccc(C(O)C2C(C)OC(C)C2C)cc1. The Hall–Kier alpha value is -0.860. The molecular weight excluding hydrogens is 212 g/mol. The Bertz CT molecular complexity index is 371. The van der Waals surface area contributed by atoms with Gasteiger partial charge in [-0.05, 0) is 32.3 Å². The molecule has 0 saturated carbocycles. The standard InChI is InChI=1S/C15H22O2/c1-9-5-7-13(8-6-9)15(16)14-10(2)11(3)17-12(14)4/h5-8,10-12,14-16H,1-4H3. The lowest BCUT2D eigenvalue weighted by Gasteiger charge is -2.25. The minimum absolute atomic E-state index is 0.122. The topological polar surface area (TPSA) is 29.5 Å². The van der Waals surface area contributed by atoms with Crippen molar-refractivity contribution in [3.8, 4) is 0 Å². The van der Waals surface area contributed by atoms with E-state index in [1.54, 1.807) is 0 Å². The van der Waals surface area contributed by atoms with Crippen LogP contribution in [0, 0.1) is 18.8 Å². The van der Waals surface area contributed by atoms with Gasteiger partial charge in [0.15, 0.2) is 0 Å². The van der Waals surface area contributed by atoms with Crippen LogP contribution in [0.1, 0.15) is 38.0 Å². The van der Waals surface area contributed by atoms with E-state index in [2.05, 4.69) is 27.7 Å². The van der Waals surface area contributed by atoms with Gasteiger partial charge in [-0.15, -0.1) is 0 Å². The molecule has 0 bridgehead atoms. The number of hydrogen-bond acceptors (Lipinski definition) is 2. The summed E-state index contributed by atoms with van der Waals surface area (Å²) in [7, 11) is 0. The molecule has 0 amide bonds. The highest BCUT2D eigenvalue weighted by molar-refractivity contribution is 5.24. The van der Waals surface area contributed by atoms with Crippen LogP contribution in [0.5, 0.6) is 0 Å². The molecule has 17 heavy (non-hydrogen) atoms. The monoisotopic (exact) mass is 234 g/mol.